The third-order valence-electron chi connectivity index (χ3n) is 8.50. The number of hydrogen-bond acceptors (Lipinski definition) is 3. The van der Waals surface area contributed by atoms with Crippen molar-refractivity contribution in [3.05, 3.63) is 146 Å². The van der Waals surface area contributed by atoms with Crippen LogP contribution in [0.4, 0.5) is 0 Å². The molecular weight excluding hydrogens is 524 g/mol. The van der Waals surface area contributed by atoms with Gasteiger partial charge in [0, 0.05) is 32.7 Å². The maximum Gasteiger partial charge on any atom is 0.143 e. The zero-order valence-corrected chi connectivity index (χ0v) is 23.2. The predicted octanol–water partition coefficient (Wildman–Crippen LogP) is 10.8. The summed E-state index contributed by atoms with van der Waals surface area (Å²) in [5.74, 6) is 0. The highest BCUT2D eigenvalue weighted by Crippen LogP contribution is 2.39. The molecule has 2 aromatic heterocycles. The first-order valence-electron chi connectivity index (χ1n) is 14.5. The standard InChI is InChI=1S/C40H24N2O/c1-2-10-25(11-3-1)36-24-41-38-32-16-5-4-14-30(32)35-23-27(20-21-33(35)39(38)42-36)26-12-8-13-28(22-26)29-17-9-18-34-31-15-6-7-19-37(31)43-40(29)34/h1-24H. The molecule has 0 saturated carbocycles. The second-order valence-corrected chi connectivity index (χ2v) is 11.0. The summed E-state index contributed by atoms with van der Waals surface area (Å²) >= 11 is 0. The van der Waals surface area contributed by atoms with Gasteiger partial charge in [0.15, 0.2) is 0 Å². The minimum absolute atomic E-state index is 0.876. The van der Waals surface area contributed by atoms with Gasteiger partial charge in [-0.1, -0.05) is 121 Å². The van der Waals surface area contributed by atoms with Crippen LogP contribution in [-0.4, -0.2) is 9.97 Å². The number of furan rings is 1. The van der Waals surface area contributed by atoms with Crippen LogP contribution in [0.1, 0.15) is 0 Å². The Labute approximate surface area is 247 Å². The zero-order valence-electron chi connectivity index (χ0n) is 23.2. The van der Waals surface area contributed by atoms with E-state index >= 15 is 0 Å². The van der Waals surface area contributed by atoms with Crippen LogP contribution >= 0.6 is 0 Å². The number of benzene rings is 7. The Bertz CT molecular complexity index is 2510. The fourth-order valence-electron chi connectivity index (χ4n) is 6.44. The average molecular weight is 549 g/mol. The van der Waals surface area contributed by atoms with Crippen molar-refractivity contribution in [2.75, 3.05) is 0 Å². The molecule has 0 amide bonds. The summed E-state index contributed by atoms with van der Waals surface area (Å²) in [6, 6.07) is 48.8. The Morgan fingerprint density at radius 1 is 0.419 bits per heavy atom. The molecule has 0 saturated heterocycles. The molecule has 0 N–H and O–H groups in total. The molecule has 200 valence electrons. The minimum atomic E-state index is 0.876. The quantitative estimate of drug-likeness (QED) is 0.206. The van der Waals surface area contributed by atoms with Crippen molar-refractivity contribution in [3.63, 3.8) is 0 Å². The molecule has 0 atom stereocenters. The van der Waals surface area contributed by atoms with E-state index in [9.17, 15) is 0 Å². The molecule has 3 nitrogen and oxygen atoms in total. The summed E-state index contributed by atoms with van der Waals surface area (Å²) in [5, 5.41) is 6.84. The fraction of sp³-hybridized carbons (Fsp3) is 0. The number of nitrogens with zero attached hydrogens (tertiary/aromatic N) is 2. The van der Waals surface area contributed by atoms with E-state index < -0.39 is 0 Å². The number of rotatable bonds is 3. The van der Waals surface area contributed by atoms with E-state index in [0.29, 0.717) is 0 Å². The Morgan fingerprint density at radius 3 is 2.00 bits per heavy atom. The van der Waals surface area contributed by atoms with Crippen LogP contribution in [0.5, 0.6) is 0 Å². The van der Waals surface area contributed by atoms with Gasteiger partial charge < -0.3 is 4.42 Å². The smallest absolute Gasteiger partial charge is 0.143 e. The van der Waals surface area contributed by atoms with Gasteiger partial charge in [-0.3, -0.25) is 4.98 Å². The highest BCUT2D eigenvalue weighted by Gasteiger charge is 2.15. The van der Waals surface area contributed by atoms with E-state index in [1.165, 1.54) is 10.8 Å². The Morgan fingerprint density at radius 2 is 1.09 bits per heavy atom. The van der Waals surface area contributed by atoms with Crippen molar-refractivity contribution in [2.24, 2.45) is 0 Å². The molecular formula is C40H24N2O. The topological polar surface area (TPSA) is 38.9 Å². The number of fused-ring (bicyclic) bond motifs is 9. The molecule has 0 unspecified atom stereocenters. The lowest BCUT2D eigenvalue weighted by atomic mass is 9.94. The third kappa shape index (κ3) is 3.75. The second kappa shape index (κ2) is 9.37. The maximum atomic E-state index is 6.36. The largest absolute Gasteiger partial charge is 0.455 e. The molecule has 0 fully saturated rings. The van der Waals surface area contributed by atoms with E-state index in [1.54, 1.807) is 0 Å². The molecule has 9 aromatic rings. The molecule has 7 aromatic carbocycles. The molecule has 0 aliphatic carbocycles. The van der Waals surface area contributed by atoms with Crippen LogP contribution in [-0.2, 0) is 0 Å². The van der Waals surface area contributed by atoms with Gasteiger partial charge in [-0.15, -0.1) is 0 Å². The molecule has 0 radical (unpaired) electrons. The first kappa shape index (κ1) is 23.9. The zero-order chi connectivity index (χ0) is 28.3. The normalized spacial score (nSPS) is 11.7. The van der Waals surface area contributed by atoms with Gasteiger partial charge in [0.1, 0.15) is 11.2 Å². The molecule has 0 bridgehead atoms. The second-order valence-electron chi connectivity index (χ2n) is 11.0. The lowest BCUT2D eigenvalue weighted by Gasteiger charge is -2.12. The Hall–Kier alpha value is -5.80. The van der Waals surface area contributed by atoms with E-state index in [0.717, 1.165) is 77.3 Å². The van der Waals surface area contributed by atoms with Crippen molar-refractivity contribution in [1.29, 1.82) is 0 Å². The van der Waals surface area contributed by atoms with Gasteiger partial charge in [-0.2, -0.15) is 0 Å². The Balaban J connectivity index is 1.24. The Kier molecular flexibility index (Phi) is 5.20. The lowest BCUT2D eigenvalue weighted by molar-refractivity contribution is 0.670. The SMILES string of the molecule is c1ccc(-c2cnc3c4ccccc4c4cc(-c5cccc(-c6cccc7c6oc6ccccc67)c5)ccc4c3n2)cc1. The van der Waals surface area contributed by atoms with Crippen molar-refractivity contribution in [1.82, 2.24) is 9.97 Å². The van der Waals surface area contributed by atoms with Gasteiger partial charge in [0.25, 0.3) is 0 Å². The number of para-hydroxylation sites is 2. The third-order valence-corrected chi connectivity index (χ3v) is 8.50. The maximum absolute atomic E-state index is 6.36. The van der Waals surface area contributed by atoms with Crippen molar-refractivity contribution in [3.8, 4) is 33.5 Å². The van der Waals surface area contributed by atoms with Gasteiger partial charge in [0.05, 0.1) is 22.9 Å². The highest BCUT2D eigenvalue weighted by molar-refractivity contribution is 6.23. The first-order chi connectivity index (χ1) is 21.3. The van der Waals surface area contributed by atoms with Gasteiger partial charge in [0.2, 0.25) is 0 Å². The van der Waals surface area contributed by atoms with Crippen LogP contribution in [0.15, 0.2) is 150 Å². The molecule has 9 rings (SSSR count). The summed E-state index contributed by atoms with van der Waals surface area (Å²) in [6.07, 6.45) is 1.89. The molecule has 0 aliphatic heterocycles. The van der Waals surface area contributed by atoms with Crippen molar-refractivity contribution < 1.29 is 4.42 Å². The summed E-state index contributed by atoms with van der Waals surface area (Å²) in [5.41, 5.74) is 10.2. The summed E-state index contributed by atoms with van der Waals surface area (Å²) in [4.78, 5) is 10.1. The van der Waals surface area contributed by atoms with Crippen LogP contribution in [0.3, 0.4) is 0 Å². The van der Waals surface area contributed by atoms with Crippen LogP contribution in [0.25, 0.3) is 88.0 Å². The number of hydrogen-bond donors (Lipinski definition) is 0. The van der Waals surface area contributed by atoms with Crippen LogP contribution in [0.2, 0.25) is 0 Å². The lowest BCUT2D eigenvalue weighted by Crippen LogP contribution is -1.92. The van der Waals surface area contributed by atoms with Crippen LogP contribution in [0, 0.1) is 0 Å². The molecule has 43 heavy (non-hydrogen) atoms. The van der Waals surface area contributed by atoms with Gasteiger partial charge in [-0.05, 0) is 45.7 Å². The van der Waals surface area contributed by atoms with Gasteiger partial charge >= 0.3 is 0 Å². The van der Waals surface area contributed by atoms with Crippen molar-refractivity contribution in [2.45, 2.75) is 0 Å². The van der Waals surface area contributed by atoms with E-state index in [-0.39, 0.29) is 0 Å². The molecule has 3 heteroatoms. The monoisotopic (exact) mass is 548 g/mol. The van der Waals surface area contributed by atoms with E-state index in [4.69, 9.17) is 14.4 Å². The van der Waals surface area contributed by atoms with Gasteiger partial charge in [-0.25, -0.2) is 4.98 Å². The average Bonchev–Trinajstić information content (AvgIpc) is 3.47. The van der Waals surface area contributed by atoms with E-state index in [2.05, 4.69) is 109 Å². The first-order valence-corrected chi connectivity index (χ1v) is 14.5. The predicted molar refractivity (Wildman–Crippen MR) is 178 cm³/mol. The van der Waals surface area contributed by atoms with Crippen LogP contribution < -0.4 is 0 Å². The highest BCUT2D eigenvalue weighted by atomic mass is 16.3. The summed E-state index contributed by atoms with van der Waals surface area (Å²) in [7, 11) is 0. The summed E-state index contributed by atoms with van der Waals surface area (Å²) < 4.78 is 6.36. The van der Waals surface area contributed by atoms with E-state index in [1.807, 2.05) is 36.5 Å². The fourth-order valence-corrected chi connectivity index (χ4v) is 6.44. The number of aromatic nitrogens is 2. The molecule has 0 spiro atoms. The van der Waals surface area contributed by atoms with Crippen molar-refractivity contribution >= 4 is 54.5 Å². The molecule has 0 aliphatic rings. The minimum Gasteiger partial charge on any atom is -0.455 e. The summed E-state index contributed by atoms with van der Waals surface area (Å²) in [6.45, 7) is 0. The molecule has 2 heterocycles.